The molecule has 2 atom stereocenters. The first kappa shape index (κ1) is 7.13. The van der Waals surface area contributed by atoms with Crippen molar-refractivity contribution < 1.29 is 9.53 Å². The van der Waals surface area contributed by atoms with Crippen LogP contribution in [0.4, 0.5) is 0 Å². The molecule has 0 aromatic heterocycles. The Balaban J connectivity index is 2.01. The number of ether oxygens (including phenoxy) is 1. The molecule has 1 aromatic rings. The molecule has 3 rings (SSSR count). The first-order valence-corrected chi connectivity index (χ1v) is 4.55. The van der Waals surface area contributed by atoms with Crippen LogP contribution in [0.5, 0.6) is 0 Å². The maximum absolute atomic E-state index is 11.2. The van der Waals surface area contributed by atoms with Gasteiger partial charge in [0.25, 0.3) is 0 Å². The molecule has 2 nitrogen and oxygen atoms in total. The van der Waals surface area contributed by atoms with Crippen LogP contribution in [-0.2, 0) is 14.9 Å². The van der Waals surface area contributed by atoms with E-state index in [0.29, 0.717) is 6.61 Å². The van der Waals surface area contributed by atoms with E-state index < -0.39 is 0 Å². The van der Waals surface area contributed by atoms with Crippen LogP contribution in [0.15, 0.2) is 30.3 Å². The van der Waals surface area contributed by atoms with Gasteiger partial charge in [0, 0.05) is 5.41 Å². The van der Waals surface area contributed by atoms with Crippen molar-refractivity contribution in [2.75, 3.05) is 6.61 Å². The fraction of sp³-hybridized carbons (Fsp3) is 0.364. The fourth-order valence-electron chi connectivity index (χ4n) is 2.25. The average Bonchev–Trinajstić information content (AvgIpc) is 2.85. The van der Waals surface area contributed by atoms with Gasteiger partial charge in [-0.3, -0.25) is 4.79 Å². The summed E-state index contributed by atoms with van der Waals surface area (Å²) in [6.07, 6.45) is 0.982. The summed E-state index contributed by atoms with van der Waals surface area (Å²) in [5, 5.41) is 0. The van der Waals surface area contributed by atoms with Gasteiger partial charge in [-0.15, -0.1) is 0 Å². The molecule has 1 saturated heterocycles. The zero-order valence-corrected chi connectivity index (χ0v) is 7.19. The second-order valence-corrected chi connectivity index (χ2v) is 3.89. The molecule has 66 valence electrons. The molecule has 0 N–H and O–H groups in total. The Bertz CT molecular complexity index is 358. The number of hydrogen-bond donors (Lipinski definition) is 0. The first-order valence-electron chi connectivity index (χ1n) is 4.55. The topological polar surface area (TPSA) is 26.3 Å². The van der Waals surface area contributed by atoms with Crippen LogP contribution in [0.3, 0.4) is 0 Å². The van der Waals surface area contributed by atoms with Gasteiger partial charge in [0.2, 0.25) is 0 Å². The second kappa shape index (κ2) is 2.13. The molecule has 1 heterocycles. The summed E-state index contributed by atoms with van der Waals surface area (Å²) in [7, 11) is 0. The molecule has 0 radical (unpaired) electrons. The number of benzene rings is 1. The number of hydrogen-bond acceptors (Lipinski definition) is 2. The maximum Gasteiger partial charge on any atom is 0.310 e. The van der Waals surface area contributed by atoms with E-state index in [1.807, 2.05) is 18.2 Å². The van der Waals surface area contributed by atoms with E-state index in [9.17, 15) is 4.79 Å². The average molecular weight is 174 g/mol. The number of rotatable bonds is 1. The summed E-state index contributed by atoms with van der Waals surface area (Å²) in [5.41, 5.74) is 1.31. The predicted molar refractivity (Wildman–Crippen MR) is 47.2 cm³/mol. The molecule has 1 aliphatic carbocycles. The molecule has 1 aliphatic heterocycles. The number of cyclic esters (lactones) is 1. The predicted octanol–water partition coefficient (Wildman–Crippen LogP) is 1.50. The highest BCUT2D eigenvalue weighted by molar-refractivity contribution is 5.82. The summed E-state index contributed by atoms with van der Waals surface area (Å²) in [6.45, 7) is 0.584. The summed E-state index contributed by atoms with van der Waals surface area (Å²) >= 11 is 0. The van der Waals surface area contributed by atoms with Gasteiger partial charge in [0.05, 0.1) is 5.92 Å². The molecular formula is C11H10O2. The van der Waals surface area contributed by atoms with Crippen LogP contribution in [-0.4, -0.2) is 12.6 Å². The van der Waals surface area contributed by atoms with Gasteiger partial charge < -0.3 is 4.74 Å². The molecule has 0 bridgehead atoms. The summed E-state index contributed by atoms with van der Waals surface area (Å²) in [6, 6.07) is 10.2. The Morgan fingerprint density at radius 1 is 1.31 bits per heavy atom. The minimum atomic E-state index is -0.0103. The van der Waals surface area contributed by atoms with E-state index in [0.717, 1.165) is 6.42 Å². The van der Waals surface area contributed by atoms with E-state index in [4.69, 9.17) is 4.74 Å². The van der Waals surface area contributed by atoms with Gasteiger partial charge >= 0.3 is 5.97 Å². The van der Waals surface area contributed by atoms with E-state index in [-0.39, 0.29) is 17.3 Å². The molecule has 0 amide bonds. The highest BCUT2D eigenvalue weighted by Gasteiger charge is 2.65. The minimum Gasteiger partial charge on any atom is -0.464 e. The zero-order valence-electron chi connectivity index (χ0n) is 7.19. The van der Waals surface area contributed by atoms with E-state index in [2.05, 4.69) is 12.1 Å². The Hall–Kier alpha value is -1.31. The zero-order chi connectivity index (χ0) is 8.89. The number of carbonyl (C=O) groups excluding carboxylic acids is 1. The standard InChI is InChI=1S/C11H10O2/c12-10-9-6-11(9,7-13-10)8-4-2-1-3-5-8/h1-5,9H,6-7H2. The highest BCUT2D eigenvalue weighted by Crippen LogP contribution is 2.58. The Labute approximate surface area is 76.5 Å². The second-order valence-electron chi connectivity index (χ2n) is 3.89. The molecule has 2 heteroatoms. The molecule has 2 unspecified atom stereocenters. The molecule has 0 spiro atoms. The SMILES string of the molecule is O=C1OCC2(c3ccccc3)CC12. The lowest BCUT2D eigenvalue weighted by atomic mass is 9.96. The molecule has 1 saturated carbocycles. The lowest BCUT2D eigenvalue weighted by Gasteiger charge is -2.09. The van der Waals surface area contributed by atoms with Crippen LogP contribution in [0.2, 0.25) is 0 Å². The normalized spacial score (nSPS) is 35.4. The van der Waals surface area contributed by atoms with Crippen molar-refractivity contribution in [3.8, 4) is 0 Å². The van der Waals surface area contributed by atoms with Gasteiger partial charge in [-0.25, -0.2) is 0 Å². The van der Waals surface area contributed by atoms with Crippen LogP contribution in [0.25, 0.3) is 0 Å². The summed E-state index contributed by atoms with van der Waals surface area (Å²) in [5.74, 6) is 0.138. The summed E-state index contributed by atoms with van der Waals surface area (Å²) < 4.78 is 5.03. The lowest BCUT2D eigenvalue weighted by molar-refractivity contribution is -0.140. The van der Waals surface area contributed by atoms with E-state index >= 15 is 0 Å². The van der Waals surface area contributed by atoms with Gasteiger partial charge in [-0.2, -0.15) is 0 Å². The molecule has 2 aliphatic rings. The third-order valence-corrected chi connectivity index (χ3v) is 3.18. The van der Waals surface area contributed by atoms with Gasteiger partial charge in [-0.1, -0.05) is 30.3 Å². The molecule has 1 aromatic carbocycles. The van der Waals surface area contributed by atoms with Crippen molar-refractivity contribution in [1.29, 1.82) is 0 Å². The Kier molecular flexibility index (Phi) is 1.17. The third-order valence-electron chi connectivity index (χ3n) is 3.18. The van der Waals surface area contributed by atoms with Crippen LogP contribution in [0.1, 0.15) is 12.0 Å². The van der Waals surface area contributed by atoms with Gasteiger partial charge in [0.1, 0.15) is 6.61 Å². The smallest absolute Gasteiger partial charge is 0.310 e. The van der Waals surface area contributed by atoms with Crippen molar-refractivity contribution in [3.05, 3.63) is 35.9 Å². The first-order chi connectivity index (χ1) is 6.33. The largest absolute Gasteiger partial charge is 0.464 e. The van der Waals surface area contributed by atoms with Crippen molar-refractivity contribution in [2.45, 2.75) is 11.8 Å². The molecule has 13 heavy (non-hydrogen) atoms. The fourth-order valence-corrected chi connectivity index (χ4v) is 2.25. The van der Waals surface area contributed by atoms with Crippen LogP contribution in [0, 0.1) is 5.92 Å². The van der Waals surface area contributed by atoms with Crippen LogP contribution < -0.4 is 0 Å². The molecular weight excluding hydrogens is 164 g/mol. The van der Waals surface area contributed by atoms with Crippen LogP contribution >= 0.6 is 0 Å². The third kappa shape index (κ3) is 0.804. The number of carbonyl (C=O) groups is 1. The maximum atomic E-state index is 11.2. The Morgan fingerprint density at radius 3 is 2.62 bits per heavy atom. The van der Waals surface area contributed by atoms with Crippen molar-refractivity contribution in [3.63, 3.8) is 0 Å². The van der Waals surface area contributed by atoms with E-state index in [1.54, 1.807) is 0 Å². The Morgan fingerprint density at radius 2 is 2.08 bits per heavy atom. The quantitative estimate of drug-likeness (QED) is 0.603. The number of esters is 1. The van der Waals surface area contributed by atoms with Crippen molar-refractivity contribution >= 4 is 5.97 Å². The summed E-state index contributed by atoms with van der Waals surface area (Å²) in [4.78, 5) is 11.2. The van der Waals surface area contributed by atoms with Crippen molar-refractivity contribution in [2.24, 2.45) is 5.92 Å². The minimum absolute atomic E-state index is 0.0103. The lowest BCUT2D eigenvalue weighted by Crippen LogP contribution is -2.10. The van der Waals surface area contributed by atoms with Gasteiger partial charge in [-0.05, 0) is 12.0 Å². The molecule has 2 fully saturated rings. The van der Waals surface area contributed by atoms with Gasteiger partial charge in [0.15, 0.2) is 0 Å². The van der Waals surface area contributed by atoms with Crippen molar-refractivity contribution in [1.82, 2.24) is 0 Å². The monoisotopic (exact) mass is 174 g/mol. The van der Waals surface area contributed by atoms with E-state index in [1.165, 1.54) is 5.56 Å². The number of fused-ring (bicyclic) bond motifs is 1. The highest BCUT2D eigenvalue weighted by atomic mass is 16.5.